The maximum Gasteiger partial charge on any atom is 0.249 e. The third kappa shape index (κ3) is 11.7. The van der Waals surface area contributed by atoms with Gasteiger partial charge in [-0.25, -0.2) is 0 Å². The molecule has 1 nitrogen and oxygen atoms in total. The number of benzene rings is 16. The molecule has 0 aliphatic carbocycles. The summed E-state index contributed by atoms with van der Waals surface area (Å²) in [5.41, 5.74) is 16.5. The van der Waals surface area contributed by atoms with Crippen LogP contribution < -0.4 is 62.8 Å². The fraction of sp³-hybridized carbons (Fsp3) is 0.0400. The van der Waals surface area contributed by atoms with E-state index in [2.05, 4.69) is 353 Å². The highest BCUT2D eigenvalue weighted by molar-refractivity contribution is 8.00. The summed E-state index contributed by atoms with van der Waals surface area (Å²) in [6.45, 7) is 6.25. The first-order valence-corrected chi connectivity index (χ1v) is 40.6. The maximum absolute atomic E-state index is 9.49. The third-order valence-corrected chi connectivity index (χ3v) is 31.9. The van der Waals surface area contributed by atoms with Crippen LogP contribution in [0.4, 0.5) is 17.1 Å². The predicted molar refractivity (Wildman–Crippen MR) is 455 cm³/mol. The second-order valence-corrected chi connectivity index (χ2v) is 37.0. The SMILES string of the molecule is [2H]c1c([2H])c([2H])c(-c2cccc([Si](c3ccccc3)(c3ccccc3)c3cc(-c4ccc5c(c4)B4c6cc(-c7c([2H])c([2H])c([2H])c([2H])c7[2H])ccc6Sc6cc(-c7cccc(C(C)(C)C)c7)cc(c64)N5c4ccccc4-c4ccccc4)cc([Si](c4ccccc4)(c4ccccc4)c4cccc(-c5ccccc5)c4)c3)c2)c([2H])c1[2H]. The first-order chi connectivity index (χ1) is 55.8. The summed E-state index contributed by atoms with van der Waals surface area (Å²) in [6.07, 6.45) is 0. The van der Waals surface area contributed by atoms with Crippen molar-refractivity contribution >= 4 is 110 Å². The van der Waals surface area contributed by atoms with E-state index in [1.54, 1.807) is 11.8 Å². The van der Waals surface area contributed by atoms with E-state index in [9.17, 15) is 5.48 Å². The van der Waals surface area contributed by atoms with Crippen molar-refractivity contribution in [3.05, 3.63) is 412 Å². The Balaban J connectivity index is 0.991. The van der Waals surface area contributed by atoms with Gasteiger partial charge in [0.15, 0.2) is 16.1 Å². The van der Waals surface area contributed by atoms with Gasteiger partial charge < -0.3 is 4.90 Å². The molecule has 105 heavy (non-hydrogen) atoms. The Labute approximate surface area is 638 Å². The van der Waals surface area contributed by atoms with E-state index in [4.69, 9.17) is 8.22 Å². The van der Waals surface area contributed by atoms with E-state index in [1.165, 1.54) is 21.1 Å². The molecule has 0 N–H and O–H groups in total. The Kier molecular flexibility index (Phi) is 14.3. The van der Waals surface area contributed by atoms with Gasteiger partial charge in [-0.15, -0.1) is 0 Å². The smallest absolute Gasteiger partial charge is 0.249 e. The van der Waals surface area contributed by atoms with Crippen molar-refractivity contribution in [2.45, 2.75) is 36.0 Å². The summed E-state index contributed by atoms with van der Waals surface area (Å²) >= 11 is 1.70. The molecular formula is C100H76BNSSi2. The van der Waals surface area contributed by atoms with E-state index >= 15 is 0 Å². The summed E-state index contributed by atoms with van der Waals surface area (Å²) in [6, 6.07) is 121. The molecule has 0 spiro atoms. The van der Waals surface area contributed by atoms with Gasteiger partial charge in [0.25, 0.3) is 0 Å². The molecule has 0 saturated heterocycles. The predicted octanol–water partition coefficient (Wildman–Crippen LogP) is 18.5. The number of para-hydroxylation sites is 1. The summed E-state index contributed by atoms with van der Waals surface area (Å²) in [5.74, 6) is 0. The molecule has 2 aliphatic rings. The lowest BCUT2D eigenvalue weighted by Gasteiger charge is -2.41. The number of hydrogen-bond acceptors (Lipinski definition) is 2. The highest BCUT2D eigenvalue weighted by Gasteiger charge is 2.48. The van der Waals surface area contributed by atoms with Crippen LogP contribution in [0.15, 0.2) is 416 Å². The van der Waals surface area contributed by atoms with Crippen molar-refractivity contribution < 1.29 is 13.7 Å². The van der Waals surface area contributed by atoms with E-state index in [1.807, 2.05) is 18.2 Å². The topological polar surface area (TPSA) is 3.24 Å². The number of hydrogen-bond donors (Lipinski definition) is 0. The second-order valence-electron chi connectivity index (χ2n) is 28.3. The fourth-order valence-electron chi connectivity index (χ4n) is 16.5. The van der Waals surface area contributed by atoms with Crippen LogP contribution in [0.25, 0.3) is 66.8 Å². The van der Waals surface area contributed by atoms with Crippen molar-refractivity contribution in [3.63, 3.8) is 0 Å². The molecule has 0 atom stereocenters. The van der Waals surface area contributed by atoms with E-state index in [-0.39, 0.29) is 40.7 Å². The standard InChI is InChI=1S/C100H76BNSSi2/c1-100(2,3)82-44-30-41-75(61-82)81-68-96-99-98(69-81)103-97-60-58-78(73-37-16-6-17-38-73)67-93(97)101(99)92-66-79(57-59-95(92)102(96)94-56-29-28-55-91(94)74-39-18-7-19-40-74)80-64-89(104(83-45-20-8-21-46-83,84-47-22-9-23-48-84)87-53-31-42-76(62-87)71-33-12-4-13-34-71)70-90(65-80)105(85-49-24-10-25-50-85,86-51-26-11-27-52-86)88-54-32-43-77(63-88)72-35-14-5-15-36-72/h4-70H,1-3H3/i4D,6D,12D,13D,16D,17D,33D,34D,37D,38D. The normalized spacial score (nSPS) is 13.8. The van der Waals surface area contributed by atoms with Crippen molar-refractivity contribution in [1.82, 2.24) is 0 Å². The molecule has 16 aromatic carbocycles. The fourth-order valence-corrected chi connectivity index (χ4v) is 27.5. The minimum absolute atomic E-state index is 0.123. The zero-order valence-electron chi connectivity index (χ0n) is 68.3. The van der Waals surface area contributed by atoms with Crippen molar-refractivity contribution in [2.24, 2.45) is 0 Å². The third-order valence-electron chi connectivity index (χ3n) is 21.3. The minimum atomic E-state index is -3.83. The molecule has 2 heterocycles. The first kappa shape index (κ1) is 54.8. The lowest BCUT2D eigenvalue weighted by atomic mass is 9.34. The molecule has 16 aromatic rings. The number of nitrogens with zero attached hydrogens (tertiary/aromatic N) is 1. The van der Waals surface area contributed by atoms with Gasteiger partial charge in [-0.2, -0.15) is 0 Å². The first-order valence-electron chi connectivity index (χ1n) is 40.8. The van der Waals surface area contributed by atoms with Gasteiger partial charge in [-0.3, -0.25) is 0 Å². The van der Waals surface area contributed by atoms with Gasteiger partial charge in [-0.1, -0.05) is 414 Å². The van der Waals surface area contributed by atoms with Crippen LogP contribution in [0.1, 0.15) is 40.0 Å². The quantitative estimate of drug-likeness (QED) is 0.0743. The van der Waals surface area contributed by atoms with Gasteiger partial charge in [-0.05, 0) is 155 Å². The average molecular weight is 1400 g/mol. The lowest BCUT2D eigenvalue weighted by molar-refractivity contribution is 0.590. The molecule has 0 unspecified atom stereocenters. The van der Waals surface area contributed by atoms with E-state index in [0.717, 1.165) is 114 Å². The van der Waals surface area contributed by atoms with Gasteiger partial charge in [0, 0.05) is 26.7 Å². The highest BCUT2D eigenvalue weighted by atomic mass is 32.2. The molecule has 0 radical (unpaired) electrons. The van der Waals surface area contributed by atoms with Crippen LogP contribution in [-0.2, 0) is 5.41 Å². The van der Waals surface area contributed by atoms with Crippen molar-refractivity contribution in [1.29, 1.82) is 0 Å². The number of rotatable bonds is 15. The van der Waals surface area contributed by atoms with Crippen LogP contribution in [0.2, 0.25) is 0 Å². The molecular weight excluding hydrogens is 1310 g/mol. The summed E-state index contributed by atoms with van der Waals surface area (Å²) in [4.78, 5) is 4.51. The average Bonchev–Trinajstić information content (AvgIpc) is 0.702. The largest absolute Gasteiger partial charge is 0.311 e. The molecule has 0 amide bonds. The zero-order valence-corrected chi connectivity index (χ0v) is 61.2. The lowest BCUT2D eigenvalue weighted by Crippen LogP contribution is -2.78. The van der Waals surface area contributed by atoms with Gasteiger partial charge in [0.1, 0.15) is 0 Å². The summed E-state index contributed by atoms with van der Waals surface area (Å²) < 4.78 is 91.4. The van der Waals surface area contributed by atoms with E-state index < -0.39 is 59.1 Å². The Bertz CT molecular complexity index is 6380. The van der Waals surface area contributed by atoms with Crippen molar-refractivity contribution in [3.8, 4) is 66.8 Å². The van der Waals surface area contributed by atoms with Crippen molar-refractivity contribution in [2.75, 3.05) is 4.90 Å². The molecule has 0 aromatic heterocycles. The Hall–Kier alpha value is -11.8. The zero-order chi connectivity index (χ0) is 79.2. The number of anilines is 3. The van der Waals surface area contributed by atoms with Gasteiger partial charge in [0.05, 0.1) is 19.4 Å². The Morgan fingerprint density at radius 1 is 0.276 bits per heavy atom. The molecule has 5 heteroatoms. The molecule has 0 bridgehead atoms. The highest BCUT2D eigenvalue weighted by Crippen LogP contribution is 2.48. The van der Waals surface area contributed by atoms with Gasteiger partial charge >= 0.3 is 0 Å². The molecule has 2 aliphatic heterocycles. The molecule has 0 fully saturated rings. The molecule has 0 saturated carbocycles. The maximum atomic E-state index is 9.49. The van der Waals surface area contributed by atoms with Crippen LogP contribution >= 0.6 is 11.8 Å². The molecule has 18 rings (SSSR count). The second kappa shape index (κ2) is 27.4. The van der Waals surface area contributed by atoms with Crippen LogP contribution in [0.5, 0.6) is 0 Å². The van der Waals surface area contributed by atoms with Crippen LogP contribution in [0.3, 0.4) is 0 Å². The monoisotopic (exact) mass is 1400 g/mol. The molecule has 498 valence electrons. The number of fused-ring (bicyclic) bond motifs is 4. The van der Waals surface area contributed by atoms with Crippen LogP contribution in [-0.4, -0.2) is 22.9 Å². The summed E-state index contributed by atoms with van der Waals surface area (Å²) in [7, 11) is -7.48. The van der Waals surface area contributed by atoms with Gasteiger partial charge in [0.2, 0.25) is 6.71 Å². The summed E-state index contributed by atoms with van der Waals surface area (Å²) in [5, 5.41) is 8.74. The Morgan fingerprint density at radius 2 is 0.686 bits per heavy atom. The van der Waals surface area contributed by atoms with E-state index in [0.29, 0.717) is 11.1 Å². The Morgan fingerprint density at radius 3 is 1.23 bits per heavy atom. The van der Waals surface area contributed by atoms with Crippen LogP contribution in [0, 0.1) is 0 Å². The minimum Gasteiger partial charge on any atom is -0.311 e.